The largest absolute Gasteiger partial charge is 0.508 e. The molecule has 106 valence electrons. The number of rotatable bonds is 6. The Kier molecular flexibility index (Phi) is 5.23. The van der Waals surface area contributed by atoms with Crippen molar-refractivity contribution < 1.29 is 5.11 Å². The number of phenolic OH excluding ortho intramolecular Hbond substituents is 1. The molecule has 0 aromatic heterocycles. The van der Waals surface area contributed by atoms with Gasteiger partial charge in [0.2, 0.25) is 0 Å². The molecule has 2 rings (SSSR count). The van der Waals surface area contributed by atoms with Gasteiger partial charge in [-0.2, -0.15) is 0 Å². The molecular formula is C16H26N2O. The fourth-order valence-corrected chi connectivity index (χ4v) is 2.79. The molecule has 0 radical (unpaired) electrons. The van der Waals surface area contributed by atoms with Gasteiger partial charge in [0.05, 0.1) is 0 Å². The third-order valence-electron chi connectivity index (χ3n) is 4.05. The van der Waals surface area contributed by atoms with Crippen molar-refractivity contribution in [3.8, 4) is 5.75 Å². The zero-order chi connectivity index (χ0) is 13.7. The summed E-state index contributed by atoms with van der Waals surface area (Å²) in [6.45, 7) is 9.28. The van der Waals surface area contributed by atoms with Crippen LogP contribution in [0.2, 0.25) is 0 Å². The molecule has 1 aromatic carbocycles. The lowest BCUT2D eigenvalue weighted by molar-refractivity contribution is 0.335. The van der Waals surface area contributed by atoms with Crippen LogP contribution in [0.5, 0.6) is 5.75 Å². The van der Waals surface area contributed by atoms with Crippen molar-refractivity contribution in [3.05, 3.63) is 29.8 Å². The molecule has 1 aromatic rings. The van der Waals surface area contributed by atoms with E-state index in [0.29, 0.717) is 11.8 Å². The van der Waals surface area contributed by atoms with Crippen molar-refractivity contribution in [2.24, 2.45) is 5.92 Å². The predicted octanol–water partition coefficient (Wildman–Crippen LogP) is 2.25. The van der Waals surface area contributed by atoms with Crippen LogP contribution < -0.4 is 5.32 Å². The van der Waals surface area contributed by atoms with Crippen LogP contribution in [0.1, 0.15) is 25.8 Å². The normalized spacial score (nSPS) is 21.7. The Morgan fingerprint density at radius 2 is 2.11 bits per heavy atom. The van der Waals surface area contributed by atoms with E-state index in [-0.39, 0.29) is 0 Å². The van der Waals surface area contributed by atoms with Gasteiger partial charge in [-0.3, -0.25) is 0 Å². The zero-order valence-corrected chi connectivity index (χ0v) is 12.1. The van der Waals surface area contributed by atoms with Gasteiger partial charge in [-0.05, 0) is 63.0 Å². The van der Waals surface area contributed by atoms with E-state index in [1.54, 1.807) is 12.1 Å². The lowest BCUT2D eigenvalue weighted by atomic mass is 10.1. The van der Waals surface area contributed by atoms with Crippen molar-refractivity contribution in [1.29, 1.82) is 0 Å². The second-order valence-electron chi connectivity index (χ2n) is 5.73. The maximum absolute atomic E-state index is 9.27. The second kappa shape index (κ2) is 6.92. The van der Waals surface area contributed by atoms with Crippen LogP contribution in [0.25, 0.3) is 0 Å². The molecule has 2 atom stereocenters. The first kappa shape index (κ1) is 14.4. The quantitative estimate of drug-likeness (QED) is 0.825. The highest BCUT2D eigenvalue weighted by molar-refractivity contribution is 5.26. The molecule has 0 saturated carbocycles. The minimum atomic E-state index is 0.343. The third-order valence-corrected chi connectivity index (χ3v) is 4.05. The molecule has 0 bridgehead atoms. The van der Waals surface area contributed by atoms with E-state index < -0.39 is 0 Å². The number of likely N-dealkylation sites (tertiary alicyclic amines) is 1. The zero-order valence-electron chi connectivity index (χ0n) is 12.1. The standard InChI is InChI=1S/C16H26N2O/c1-3-18-9-8-15(12-18)11-17-13(2)10-14-4-6-16(19)7-5-14/h4-7,13,15,17,19H,3,8-12H2,1-2H3. The molecule has 0 amide bonds. The fourth-order valence-electron chi connectivity index (χ4n) is 2.79. The molecule has 0 aliphatic carbocycles. The van der Waals surface area contributed by atoms with E-state index in [2.05, 4.69) is 24.1 Å². The second-order valence-corrected chi connectivity index (χ2v) is 5.73. The third kappa shape index (κ3) is 4.51. The van der Waals surface area contributed by atoms with Crippen molar-refractivity contribution >= 4 is 0 Å². The Morgan fingerprint density at radius 3 is 2.74 bits per heavy atom. The molecule has 1 saturated heterocycles. The molecule has 2 N–H and O–H groups in total. The summed E-state index contributed by atoms with van der Waals surface area (Å²) < 4.78 is 0. The summed E-state index contributed by atoms with van der Waals surface area (Å²) in [7, 11) is 0. The lowest BCUT2D eigenvalue weighted by Gasteiger charge is -2.18. The Labute approximate surface area is 116 Å². The molecule has 3 nitrogen and oxygen atoms in total. The van der Waals surface area contributed by atoms with Gasteiger partial charge in [-0.15, -0.1) is 0 Å². The van der Waals surface area contributed by atoms with Crippen LogP contribution in [-0.2, 0) is 6.42 Å². The molecule has 2 unspecified atom stereocenters. The monoisotopic (exact) mass is 262 g/mol. The first-order valence-corrected chi connectivity index (χ1v) is 7.41. The molecule has 0 spiro atoms. The number of aromatic hydroxyl groups is 1. The summed E-state index contributed by atoms with van der Waals surface area (Å²) in [5, 5.41) is 12.9. The van der Waals surface area contributed by atoms with Gasteiger partial charge in [-0.1, -0.05) is 19.1 Å². The average Bonchev–Trinajstić information content (AvgIpc) is 2.87. The van der Waals surface area contributed by atoms with Crippen LogP contribution >= 0.6 is 0 Å². The highest BCUT2D eigenvalue weighted by atomic mass is 16.3. The van der Waals surface area contributed by atoms with Gasteiger partial charge in [0.15, 0.2) is 0 Å². The minimum Gasteiger partial charge on any atom is -0.508 e. The number of nitrogens with zero attached hydrogens (tertiary/aromatic N) is 1. The maximum atomic E-state index is 9.27. The summed E-state index contributed by atoms with van der Waals surface area (Å²) in [4.78, 5) is 2.52. The SMILES string of the molecule is CCN1CCC(CNC(C)Cc2ccc(O)cc2)C1. The van der Waals surface area contributed by atoms with Gasteiger partial charge in [-0.25, -0.2) is 0 Å². The van der Waals surface area contributed by atoms with Gasteiger partial charge < -0.3 is 15.3 Å². The molecule has 1 fully saturated rings. The molecule has 19 heavy (non-hydrogen) atoms. The van der Waals surface area contributed by atoms with Crippen LogP contribution in [0.4, 0.5) is 0 Å². The topological polar surface area (TPSA) is 35.5 Å². The van der Waals surface area contributed by atoms with Crippen molar-refractivity contribution in [3.63, 3.8) is 0 Å². The van der Waals surface area contributed by atoms with Crippen LogP contribution in [-0.4, -0.2) is 42.2 Å². The molecule has 3 heteroatoms. The van der Waals surface area contributed by atoms with Crippen molar-refractivity contribution in [1.82, 2.24) is 10.2 Å². The van der Waals surface area contributed by atoms with Crippen LogP contribution in [0.3, 0.4) is 0 Å². The smallest absolute Gasteiger partial charge is 0.115 e. The van der Waals surface area contributed by atoms with Crippen LogP contribution in [0.15, 0.2) is 24.3 Å². The first-order valence-electron chi connectivity index (χ1n) is 7.41. The molecular weight excluding hydrogens is 236 g/mol. The summed E-state index contributed by atoms with van der Waals surface area (Å²) in [5.41, 5.74) is 1.28. The van der Waals surface area contributed by atoms with E-state index in [1.807, 2.05) is 12.1 Å². The van der Waals surface area contributed by atoms with E-state index in [9.17, 15) is 5.11 Å². The average molecular weight is 262 g/mol. The van der Waals surface area contributed by atoms with E-state index in [1.165, 1.54) is 31.6 Å². The van der Waals surface area contributed by atoms with Gasteiger partial charge >= 0.3 is 0 Å². The number of nitrogens with one attached hydrogen (secondary N) is 1. The number of hydrogen-bond donors (Lipinski definition) is 2. The van der Waals surface area contributed by atoms with Crippen LogP contribution in [0, 0.1) is 5.92 Å². The molecule has 1 aliphatic rings. The van der Waals surface area contributed by atoms with E-state index >= 15 is 0 Å². The lowest BCUT2D eigenvalue weighted by Crippen LogP contribution is -2.33. The fraction of sp³-hybridized carbons (Fsp3) is 0.625. The Balaban J connectivity index is 1.70. The summed E-state index contributed by atoms with van der Waals surface area (Å²) in [6, 6.07) is 8.01. The summed E-state index contributed by atoms with van der Waals surface area (Å²) in [6.07, 6.45) is 2.34. The van der Waals surface area contributed by atoms with Crippen molar-refractivity contribution in [2.75, 3.05) is 26.2 Å². The summed E-state index contributed by atoms with van der Waals surface area (Å²) >= 11 is 0. The molecule has 1 aliphatic heterocycles. The van der Waals surface area contributed by atoms with E-state index in [0.717, 1.165) is 18.9 Å². The Morgan fingerprint density at radius 1 is 1.37 bits per heavy atom. The minimum absolute atomic E-state index is 0.343. The maximum Gasteiger partial charge on any atom is 0.115 e. The van der Waals surface area contributed by atoms with Gasteiger partial charge in [0.1, 0.15) is 5.75 Å². The van der Waals surface area contributed by atoms with E-state index in [4.69, 9.17) is 0 Å². The first-order chi connectivity index (χ1) is 9.17. The predicted molar refractivity (Wildman–Crippen MR) is 79.5 cm³/mol. The van der Waals surface area contributed by atoms with Crippen molar-refractivity contribution in [2.45, 2.75) is 32.7 Å². The molecule has 1 heterocycles. The number of phenols is 1. The van der Waals surface area contributed by atoms with Gasteiger partial charge in [0, 0.05) is 12.6 Å². The highest BCUT2D eigenvalue weighted by Crippen LogP contribution is 2.15. The van der Waals surface area contributed by atoms with Gasteiger partial charge in [0.25, 0.3) is 0 Å². The number of benzene rings is 1. The Bertz CT molecular complexity index is 377. The number of hydrogen-bond acceptors (Lipinski definition) is 3. The Hall–Kier alpha value is -1.06. The summed E-state index contributed by atoms with van der Waals surface area (Å²) in [5.74, 6) is 1.15. The highest BCUT2D eigenvalue weighted by Gasteiger charge is 2.21.